The van der Waals surface area contributed by atoms with Gasteiger partial charge in [-0.2, -0.15) is 0 Å². The third-order valence-corrected chi connectivity index (χ3v) is 4.74. The fourth-order valence-corrected chi connectivity index (χ4v) is 3.66. The molecule has 0 aromatic heterocycles. The van der Waals surface area contributed by atoms with Crippen LogP contribution in [0.1, 0.15) is 11.1 Å². The molecule has 0 heterocycles. The SMILES string of the molecule is COc1ccc(Cl)cc1S(=O)(=O)Nc1c(C)cccc1C. The van der Waals surface area contributed by atoms with Gasteiger partial charge in [-0.3, -0.25) is 4.72 Å². The van der Waals surface area contributed by atoms with Crippen molar-refractivity contribution < 1.29 is 13.2 Å². The van der Waals surface area contributed by atoms with E-state index in [0.29, 0.717) is 10.7 Å². The van der Waals surface area contributed by atoms with E-state index in [2.05, 4.69) is 4.72 Å². The molecule has 0 aliphatic carbocycles. The maximum atomic E-state index is 12.6. The lowest BCUT2D eigenvalue weighted by Crippen LogP contribution is -2.15. The lowest BCUT2D eigenvalue weighted by molar-refractivity contribution is 0.403. The molecule has 2 aromatic carbocycles. The van der Waals surface area contributed by atoms with Gasteiger partial charge < -0.3 is 4.74 Å². The van der Waals surface area contributed by atoms with Crippen LogP contribution in [0.3, 0.4) is 0 Å². The maximum absolute atomic E-state index is 12.6. The molecule has 0 amide bonds. The number of anilines is 1. The van der Waals surface area contributed by atoms with Crippen molar-refractivity contribution in [2.24, 2.45) is 0 Å². The van der Waals surface area contributed by atoms with E-state index in [0.717, 1.165) is 11.1 Å². The first kappa shape index (κ1) is 15.7. The highest BCUT2D eigenvalue weighted by Crippen LogP contribution is 2.30. The summed E-state index contributed by atoms with van der Waals surface area (Å²) < 4.78 is 32.9. The Morgan fingerprint density at radius 3 is 2.29 bits per heavy atom. The lowest BCUT2D eigenvalue weighted by atomic mass is 10.1. The van der Waals surface area contributed by atoms with Crippen molar-refractivity contribution in [1.82, 2.24) is 0 Å². The number of benzene rings is 2. The van der Waals surface area contributed by atoms with Gasteiger partial charge in [0.25, 0.3) is 10.0 Å². The minimum absolute atomic E-state index is 0.0140. The summed E-state index contributed by atoms with van der Waals surface area (Å²) in [5, 5.41) is 0.331. The van der Waals surface area contributed by atoms with Crippen LogP contribution in [0.25, 0.3) is 0 Å². The number of hydrogen-bond donors (Lipinski definition) is 1. The van der Waals surface area contributed by atoms with Crippen LogP contribution in [0, 0.1) is 13.8 Å². The molecule has 112 valence electrons. The van der Waals surface area contributed by atoms with E-state index in [1.807, 2.05) is 32.0 Å². The van der Waals surface area contributed by atoms with Gasteiger partial charge in [0.2, 0.25) is 0 Å². The monoisotopic (exact) mass is 325 g/mol. The van der Waals surface area contributed by atoms with Crippen molar-refractivity contribution in [3.8, 4) is 5.75 Å². The Bertz CT molecular complexity index is 752. The predicted octanol–water partition coefficient (Wildman–Crippen LogP) is 3.77. The zero-order chi connectivity index (χ0) is 15.6. The maximum Gasteiger partial charge on any atom is 0.265 e. The summed E-state index contributed by atoms with van der Waals surface area (Å²) in [6, 6.07) is 10.1. The van der Waals surface area contributed by atoms with E-state index in [4.69, 9.17) is 16.3 Å². The molecule has 0 spiro atoms. The second-order valence-corrected chi connectivity index (χ2v) is 6.75. The minimum Gasteiger partial charge on any atom is -0.495 e. The molecular formula is C15H16ClNO3S. The normalized spacial score (nSPS) is 11.2. The lowest BCUT2D eigenvalue weighted by Gasteiger charge is -2.15. The molecule has 0 radical (unpaired) electrons. The average Bonchev–Trinajstić information content (AvgIpc) is 2.43. The highest BCUT2D eigenvalue weighted by molar-refractivity contribution is 7.92. The molecule has 2 rings (SSSR count). The highest BCUT2D eigenvalue weighted by atomic mass is 35.5. The van der Waals surface area contributed by atoms with Gasteiger partial charge in [-0.25, -0.2) is 8.42 Å². The Morgan fingerprint density at radius 2 is 1.71 bits per heavy atom. The molecule has 0 saturated carbocycles. The van der Waals surface area contributed by atoms with Crippen LogP contribution in [-0.2, 0) is 10.0 Å². The van der Waals surface area contributed by atoms with E-state index in [-0.39, 0.29) is 10.6 Å². The van der Waals surface area contributed by atoms with Crippen LogP contribution in [0.4, 0.5) is 5.69 Å². The van der Waals surface area contributed by atoms with Gasteiger partial charge in [-0.05, 0) is 43.2 Å². The van der Waals surface area contributed by atoms with Crippen LogP contribution in [0.15, 0.2) is 41.3 Å². The Balaban J connectivity index is 2.51. The highest BCUT2D eigenvalue weighted by Gasteiger charge is 2.21. The molecule has 0 saturated heterocycles. The summed E-state index contributed by atoms with van der Waals surface area (Å²) in [6.45, 7) is 3.69. The smallest absolute Gasteiger partial charge is 0.265 e. The van der Waals surface area contributed by atoms with Crippen molar-refractivity contribution in [2.45, 2.75) is 18.7 Å². The van der Waals surface area contributed by atoms with Crippen LogP contribution >= 0.6 is 11.6 Å². The molecule has 1 N–H and O–H groups in total. The zero-order valence-corrected chi connectivity index (χ0v) is 13.5. The van der Waals surface area contributed by atoms with Crippen LogP contribution in [0.2, 0.25) is 5.02 Å². The molecule has 21 heavy (non-hydrogen) atoms. The van der Waals surface area contributed by atoms with Crippen LogP contribution in [-0.4, -0.2) is 15.5 Å². The fourth-order valence-electron chi connectivity index (χ4n) is 2.03. The summed E-state index contributed by atoms with van der Waals surface area (Å²) >= 11 is 5.90. The molecular weight excluding hydrogens is 310 g/mol. The van der Waals surface area contributed by atoms with E-state index in [9.17, 15) is 8.42 Å². The summed E-state index contributed by atoms with van der Waals surface area (Å²) in [4.78, 5) is 0.0140. The van der Waals surface area contributed by atoms with Crippen molar-refractivity contribution in [3.63, 3.8) is 0 Å². The second-order valence-electron chi connectivity index (χ2n) is 4.67. The molecule has 6 heteroatoms. The summed E-state index contributed by atoms with van der Waals surface area (Å²) in [5.74, 6) is 0.248. The van der Waals surface area contributed by atoms with Crippen LogP contribution in [0.5, 0.6) is 5.75 Å². The van der Waals surface area contributed by atoms with Gasteiger partial charge in [-0.15, -0.1) is 0 Å². The second kappa shape index (κ2) is 5.95. The third-order valence-electron chi connectivity index (χ3n) is 3.13. The molecule has 2 aromatic rings. The van der Waals surface area contributed by atoms with Gasteiger partial charge in [0.1, 0.15) is 10.6 Å². The molecule has 4 nitrogen and oxygen atoms in total. The number of nitrogens with one attached hydrogen (secondary N) is 1. The van der Waals surface area contributed by atoms with Crippen molar-refractivity contribution in [2.75, 3.05) is 11.8 Å². The Kier molecular flexibility index (Phi) is 4.44. The number of aryl methyl sites for hydroxylation is 2. The molecule has 0 atom stereocenters. The van der Waals surface area contributed by atoms with Crippen molar-refractivity contribution in [1.29, 1.82) is 0 Å². The van der Waals surface area contributed by atoms with Gasteiger partial charge in [0, 0.05) is 5.02 Å². The van der Waals surface area contributed by atoms with Gasteiger partial charge >= 0.3 is 0 Å². The van der Waals surface area contributed by atoms with E-state index < -0.39 is 10.0 Å². The van der Waals surface area contributed by atoms with E-state index >= 15 is 0 Å². The number of rotatable bonds is 4. The van der Waals surface area contributed by atoms with Gasteiger partial charge in [0.15, 0.2) is 0 Å². The Morgan fingerprint density at radius 1 is 1.10 bits per heavy atom. The predicted molar refractivity (Wildman–Crippen MR) is 84.7 cm³/mol. The number of methoxy groups -OCH3 is 1. The van der Waals surface area contributed by atoms with Crippen molar-refractivity contribution in [3.05, 3.63) is 52.5 Å². The molecule has 0 fully saturated rings. The van der Waals surface area contributed by atoms with Gasteiger partial charge in [-0.1, -0.05) is 29.8 Å². The fraction of sp³-hybridized carbons (Fsp3) is 0.200. The Hall–Kier alpha value is -1.72. The first-order valence-electron chi connectivity index (χ1n) is 6.27. The number of hydrogen-bond acceptors (Lipinski definition) is 3. The number of para-hydroxylation sites is 1. The summed E-state index contributed by atoms with van der Waals surface area (Å²) in [6.07, 6.45) is 0. The average molecular weight is 326 g/mol. The molecule has 0 unspecified atom stereocenters. The quantitative estimate of drug-likeness (QED) is 0.931. The number of sulfonamides is 1. The zero-order valence-electron chi connectivity index (χ0n) is 12.0. The Labute approximate surface area is 129 Å². The topological polar surface area (TPSA) is 55.4 Å². The standard InChI is InChI=1S/C15H16ClNO3S/c1-10-5-4-6-11(2)15(10)17-21(18,19)14-9-12(16)7-8-13(14)20-3/h4-9,17H,1-3H3. The largest absolute Gasteiger partial charge is 0.495 e. The van der Waals surface area contributed by atoms with Gasteiger partial charge in [0.05, 0.1) is 12.8 Å². The summed E-state index contributed by atoms with van der Waals surface area (Å²) in [7, 11) is -2.37. The van der Waals surface area contributed by atoms with E-state index in [1.165, 1.54) is 19.2 Å². The number of ether oxygens (including phenoxy) is 1. The summed E-state index contributed by atoms with van der Waals surface area (Å²) in [5.41, 5.74) is 2.26. The van der Waals surface area contributed by atoms with Crippen molar-refractivity contribution >= 4 is 27.3 Å². The third kappa shape index (κ3) is 3.31. The first-order chi connectivity index (χ1) is 9.85. The minimum atomic E-state index is -3.78. The van der Waals surface area contributed by atoms with E-state index in [1.54, 1.807) is 6.07 Å². The van der Waals surface area contributed by atoms with Crippen LogP contribution < -0.4 is 9.46 Å². The first-order valence-corrected chi connectivity index (χ1v) is 8.14. The number of halogens is 1. The molecule has 0 aliphatic rings. The molecule has 0 bridgehead atoms. The molecule has 0 aliphatic heterocycles.